The minimum absolute atomic E-state index is 0.0824. The van der Waals surface area contributed by atoms with E-state index in [9.17, 15) is 4.79 Å². The topological polar surface area (TPSA) is 70.3 Å². The molecule has 2 aliphatic heterocycles. The number of anilines is 1. The monoisotopic (exact) mass is 384 g/mol. The number of nitrogens with zero attached hydrogens (tertiary/aromatic N) is 4. The van der Waals surface area contributed by atoms with Crippen LogP contribution in [0.2, 0.25) is 0 Å². The van der Waals surface area contributed by atoms with Crippen molar-refractivity contribution in [1.82, 2.24) is 14.3 Å². The minimum Gasteiger partial charge on any atom is -0.394 e. The van der Waals surface area contributed by atoms with Crippen LogP contribution in [0.3, 0.4) is 0 Å². The summed E-state index contributed by atoms with van der Waals surface area (Å²) in [6.07, 6.45) is 9.24. The molecule has 2 aliphatic rings. The Kier molecular flexibility index (Phi) is 5.64. The summed E-state index contributed by atoms with van der Waals surface area (Å²) < 4.78 is 7.80. The molecule has 7 nitrogen and oxygen atoms in total. The van der Waals surface area contributed by atoms with Gasteiger partial charge in [-0.1, -0.05) is 6.08 Å². The molecule has 0 saturated carbocycles. The first kappa shape index (κ1) is 19.0. The van der Waals surface area contributed by atoms with Crippen LogP contribution >= 0.6 is 0 Å². The number of aliphatic hydroxyl groups is 1. The van der Waals surface area contributed by atoms with Crippen molar-refractivity contribution in [2.24, 2.45) is 0 Å². The molecule has 0 spiro atoms. The molecular formula is C21H28N4O3. The van der Waals surface area contributed by atoms with Crippen molar-refractivity contribution in [3.05, 3.63) is 36.2 Å². The van der Waals surface area contributed by atoms with Gasteiger partial charge in [-0.2, -0.15) is 0 Å². The molecule has 1 fully saturated rings. The van der Waals surface area contributed by atoms with E-state index < -0.39 is 0 Å². The van der Waals surface area contributed by atoms with E-state index in [-0.39, 0.29) is 18.6 Å². The Morgan fingerprint density at radius 3 is 2.82 bits per heavy atom. The van der Waals surface area contributed by atoms with Gasteiger partial charge in [0.1, 0.15) is 11.5 Å². The standard InChI is InChI=1S/C21H28N4O3/c1-16(27)23-7-2-17(3-8-23)18-4-11-25-20(14-18)22-15-21(25)24-9-5-19(6-10-24)28-13-12-26/h2,4,11,14-15,19,26H,3,5-10,12-13H2,1H3. The van der Waals surface area contributed by atoms with E-state index >= 15 is 0 Å². The van der Waals surface area contributed by atoms with Gasteiger partial charge in [0.2, 0.25) is 5.91 Å². The number of carbonyl (C=O) groups is 1. The Morgan fingerprint density at radius 1 is 1.32 bits per heavy atom. The largest absolute Gasteiger partial charge is 0.394 e. The lowest BCUT2D eigenvalue weighted by Crippen LogP contribution is -2.38. The van der Waals surface area contributed by atoms with Crippen LogP contribution in [0.1, 0.15) is 31.7 Å². The van der Waals surface area contributed by atoms with Gasteiger partial charge in [-0.3, -0.25) is 9.20 Å². The van der Waals surface area contributed by atoms with Gasteiger partial charge >= 0.3 is 0 Å². The number of rotatable bonds is 5. The number of carbonyl (C=O) groups excluding carboxylic acids is 1. The van der Waals surface area contributed by atoms with Crippen molar-refractivity contribution in [1.29, 1.82) is 0 Å². The summed E-state index contributed by atoms with van der Waals surface area (Å²) >= 11 is 0. The molecule has 4 rings (SSSR count). The number of imidazole rings is 1. The number of amides is 1. The van der Waals surface area contributed by atoms with Crippen LogP contribution in [-0.2, 0) is 9.53 Å². The molecule has 0 radical (unpaired) electrons. The quantitative estimate of drug-likeness (QED) is 0.853. The average Bonchev–Trinajstić information content (AvgIpc) is 3.16. The van der Waals surface area contributed by atoms with Crippen LogP contribution in [0, 0.1) is 0 Å². The van der Waals surface area contributed by atoms with Gasteiger partial charge in [0.15, 0.2) is 0 Å². The van der Waals surface area contributed by atoms with Crippen LogP contribution < -0.4 is 4.90 Å². The average molecular weight is 384 g/mol. The van der Waals surface area contributed by atoms with Crippen molar-refractivity contribution in [2.75, 3.05) is 44.3 Å². The van der Waals surface area contributed by atoms with Gasteiger partial charge in [0.25, 0.3) is 0 Å². The summed E-state index contributed by atoms with van der Waals surface area (Å²) in [6, 6.07) is 4.28. The van der Waals surface area contributed by atoms with E-state index in [1.54, 1.807) is 6.92 Å². The van der Waals surface area contributed by atoms with Crippen LogP contribution in [0.5, 0.6) is 0 Å². The Labute approximate surface area is 165 Å². The highest BCUT2D eigenvalue weighted by Crippen LogP contribution is 2.27. The second kappa shape index (κ2) is 8.32. The number of piperidine rings is 1. The fraction of sp³-hybridized carbons (Fsp3) is 0.524. The number of fused-ring (bicyclic) bond motifs is 1. The molecule has 28 heavy (non-hydrogen) atoms. The van der Waals surface area contributed by atoms with Crippen LogP contribution in [0.4, 0.5) is 5.82 Å². The molecule has 0 bridgehead atoms. The maximum atomic E-state index is 11.5. The molecule has 0 aromatic carbocycles. The van der Waals surface area contributed by atoms with E-state index in [1.807, 2.05) is 11.1 Å². The predicted octanol–water partition coefficient (Wildman–Crippen LogP) is 1.95. The molecule has 2 aromatic rings. The SMILES string of the molecule is CC(=O)N1CC=C(c2ccn3c(N4CCC(OCCO)CC4)cnc3c2)CC1. The minimum atomic E-state index is 0.0824. The fourth-order valence-electron chi connectivity index (χ4n) is 4.09. The number of aliphatic hydroxyl groups excluding tert-OH is 1. The summed E-state index contributed by atoms with van der Waals surface area (Å²) in [5, 5.41) is 8.90. The molecule has 4 heterocycles. The first-order valence-corrected chi connectivity index (χ1v) is 10.0. The van der Waals surface area contributed by atoms with Crippen LogP contribution in [-0.4, -0.2) is 70.8 Å². The highest BCUT2D eigenvalue weighted by Gasteiger charge is 2.22. The zero-order valence-corrected chi connectivity index (χ0v) is 16.4. The number of hydrogen-bond donors (Lipinski definition) is 1. The van der Waals surface area contributed by atoms with E-state index in [1.165, 1.54) is 11.1 Å². The van der Waals surface area contributed by atoms with E-state index in [4.69, 9.17) is 9.84 Å². The van der Waals surface area contributed by atoms with Crippen molar-refractivity contribution in [3.63, 3.8) is 0 Å². The van der Waals surface area contributed by atoms with Crippen molar-refractivity contribution in [2.45, 2.75) is 32.3 Å². The molecule has 1 amide bonds. The molecule has 0 unspecified atom stereocenters. The second-order valence-electron chi connectivity index (χ2n) is 7.49. The zero-order chi connectivity index (χ0) is 19.5. The molecule has 1 N–H and O–H groups in total. The third-order valence-corrected chi connectivity index (χ3v) is 5.73. The van der Waals surface area contributed by atoms with Crippen molar-refractivity contribution in [3.8, 4) is 0 Å². The number of pyridine rings is 1. The lowest BCUT2D eigenvalue weighted by molar-refractivity contribution is -0.128. The number of ether oxygens (including phenoxy) is 1. The molecular weight excluding hydrogens is 356 g/mol. The van der Waals surface area contributed by atoms with Gasteiger partial charge in [0.05, 0.1) is 25.5 Å². The Hall–Kier alpha value is -2.38. The van der Waals surface area contributed by atoms with Gasteiger partial charge in [-0.25, -0.2) is 4.98 Å². The molecule has 0 atom stereocenters. The summed E-state index contributed by atoms with van der Waals surface area (Å²) in [5.41, 5.74) is 3.41. The molecule has 0 aliphatic carbocycles. The zero-order valence-electron chi connectivity index (χ0n) is 16.4. The third kappa shape index (κ3) is 3.91. The number of hydrogen-bond acceptors (Lipinski definition) is 5. The van der Waals surface area contributed by atoms with Gasteiger partial charge in [-0.05, 0) is 42.5 Å². The normalized spacial score (nSPS) is 18.6. The highest BCUT2D eigenvalue weighted by molar-refractivity contribution is 5.76. The Morgan fingerprint density at radius 2 is 2.14 bits per heavy atom. The Bertz CT molecular complexity index is 868. The second-order valence-corrected chi connectivity index (χ2v) is 7.49. The van der Waals surface area contributed by atoms with Crippen LogP contribution in [0.25, 0.3) is 11.2 Å². The third-order valence-electron chi connectivity index (χ3n) is 5.73. The molecule has 150 valence electrons. The molecule has 1 saturated heterocycles. The van der Waals surface area contributed by atoms with E-state index in [0.717, 1.165) is 50.4 Å². The fourth-order valence-corrected chi connectivity index (χ4v) is 4.09. The summed E-state index contributed by atoms with van der Waals surface area (Å²) in [4.78, 5) is 20.3. The van der Waals surface area contributed by atoms with Gasteiger partial charge in [0, 0.05) is 39.3 Å². The Balaban J connectivity index is 1.46. The lowest BCUT2D eigenvalue weighted by Gasteiger charge is -2.32. The van der Waals surface area contributed by atoms with Gasteiger partial charge < -0.3 is 19.6 Å². The molecule has 2 aromatic heterocycles. The summed E-state index contributed by atoms with van der Waals surface area (Å²) in [7, 11) is 0. The smallest absolute Gasteiger partial charge is 0.219 e. The first-order chi connectivity index (χ1) is 13.7. The molecule has 7 heteroatoms. The predicted molar refractivity (Wildman–Crippen MR) is 108 cm³/mol. The van der Waals surface area contributed by atoms with E-state index in [0.29, 0.717) is 13.2 Å². The maximum absolute atomic E-state index is 11.5. The van der Waals surface area contributed by atoms with E-state index in [2.05, 4.69) is 38.7 Å². The first-order valence-electron chi connectivity index (χ1n) is 10.0. The highest BCUT2D eigenvalue weighted by atomic mass is 16.5. The lowest BCUT2D eigenvalue weighted by atomic mass is 10.0. The van der Waals surface area contributed by atoms with Gasteiger partial charge in [-0.15, -0.1) is 0 Å². The summed E-state index contributed by atoms with van der Waals surface area (Å²) in [6.45, 7) is 5.44. The maximum Gasteiger partial charge on any atom is 0.219 e. The number of aromatic nitrogens is 2. The van der Waals surface area contributed by atoms with Crippen molar-refractivity contribution < 1.29 is 14.6 Å². The summed E-state index contributed by atoms with van der Waals surface area (Å²) in [5.74, 6) is 1.25. The van der Waals surface area contributed by atoms with Crippen LogP contribution in [0.15, 0.2) is 30.6 Å². The van der Waals surface area contributed by atoms with Crippen molar-refractivity contribution >= 4 is 22.9 Å².